The van der Waals surface area contributed by atoms with Crippen molar-refractivity contribution in [3.05, 3.63) is 18.3 Å². The number of pyridine rings is 1. The maximum Gasteiger partial charge on any atom is 0.260 e. The molecule has 1 aliphatic rings. The Labute approximate surface area is 123 Å². The zero-order valence-electron chi connectivity index (χ0n) is 11.4. The number of nitrogen functional groups attached to an aromatic ring is 1. The molecule has 112 valence electrons. The summed E-state index contributed by atoms with van der Waals surface area (Å²) < 4.78 is 27.7. The highest BCUT2D eigenvalue weighted by Crippen LogP contribution is 2.28. The summed E-state index contributed by atoms with van der Waals surface area (Å²) in [5.41, 5.74) is 2.68. The summed E-state index contributed by atoms with van der Waals surface area (Å²) in [6, 6.07) is 3.19. The summed E-state index contributed by atoms with van der Waals surface area (Å²) in [6.45, 7) is 0. The van der Waals surface area contributed by atoms with Crippen molar-refractivity contribution in [1.82, 2.24) is 9.71 Å². The molecule has 1 aromatic heterocycles. The monoisotopic (exact) mass is 316 g/mol. The second kappa shape index (κ2) is 6.75. The van der Waals surface area contributed by atoms with E-state index in [1.807, 2.05) is 6.26 Å². The lowest BCUT2D eigenvalue weighted by molar-refractivity contribution is 0.423. The van der Waals surface area contributed by atoms with Gasteiger partial charge in [-0.3, -0.25) is 5.84 Å². The van der Waals surface area contributed by atoms with E-state index in [1.165, 1.54) is 6.20 Å². The van der Waals surface area contributed by atoms with Gasteiger partial charge in [-0.1, -0.05) is 12.8 Å². The van der Waals surface area contributed by atoms with E-state index in [2.05, 4.69) is 15.1 Å². The fourth-order valence-corrected chi connectivity index (χ4v) is 4.91. The molecule has 0 bridgehead atoms. The summed E-state index contributed by atoms with van der Waals surface area (Å²) >= 11 is 1.71. The first-order valence-electron chi connectivity index (χ1n) is 6.55. The molecular formula is C12H20N4O2S2. The largest absolute Gasteiger partial charge is 0.321 e. The standard InChI is InChI=1S/C12H20N4O2S2/c1-19-11-7-3-2-5-9(11)16-20(17,18)12-10(15-13)6-4-8-14-12/h4,6,8-9,11,15-16H,2-3,5,7,13H2,1H3. The van der Waals surface area contributed by atoms with Gasteiger partial charge in [-0.05, 0) is 31.2 Å². The zero-order valence-corrected chi connectivity index (χ0v) is 13.0. The first-order valence-corrected chi connectivity index (χ1v) is 9.32. The van der Waals surface area contributed by atoms with Crippen LogP contribution in [0.4, 0.5) is 5.69 Å². The van der Waals surface area contributed by atoms with Crippen LogP contribution in [-0.2, 0) is 10.0 Å². The SMILES string of the molecule is CSC1CCCCC1NS(=O)(=O)c1ncccc1NN. The van der Waals surface area contributed by atoms with E-state index in [0.29, 0.717) is 10.9 Å². The predicted molar refractivity (Wildman–Crippen MR) is 81.9 cm³/mol. The van der Waals surface area contributed by atoms with Gasteiger partial charge in [0.15, 0.2) is 5.03 Å². The fourth-order valence-electron chi connectivity index (χ4n) is 2.48. The lowest BCUT2D eigenvalue weighted by Gasteiger charge is -2.30. The van der Waals surface area contributed by atoms with Gasteiger partial charge in [0.25, 0.3) is 10.0 Å². The Morgan fingerprint density at radius 2 is 2.15 bits per heavy atom. The summed E-state index contributed by atoms with van der Waals surface area (Å²) in [6.07, 6.45) is 7.58. The summed E-state index contributed by atoms with van der Waals surface area (Å²) in [5.74, 6) is 5.35. The summed E-state index contributed by atoms with van der Waals surface area (Å²) in [4.78, 5) is 3.94. The van der Waals surface area contributed by atoms with Crippen molar-refractivity contribution in [3.8, 4) is 0 Å². The number of anilines is 1. The molecule has 0 radical (unpaired) electrons. The highest BCUT2D eigenvalue weighted by Gasteiger charge is 2.30. The van der Waals surface area contributed by atoms with E-state index < -0.39 is 10.0 Å². The molecule has 6 nitrogen and oxygen atoms in total. The molecule has 1 fully saturated rings. The highest BCUT2D eigenvalue weighted by molar-refractivity contribution is 7.99. The van der Waals surface area contributed by atoms with Crippen LogP contribution < -0.4 is 16.0 Å². The van der Waals surface area contributed by atoms with Crippen molar-refractivity contribution >= 4 is 27.5 Å². The minimum Gasteiger partial charge on any atom is -0.321 e. The van der Waals surface area contributed by atoms with Gasteiger partial charge in [0.1, 0.15) is 0 Å². The van der Waals surface area contributed by atoms with Gasteiger partial charge in [-0.25, -0.2) is 18.1 Å². The lowest BCUT2D eigenvalue weighted by Crippen LogP contribution is -2.44. The van der Waals surface area contributed by atoms with Gasteiger partial charge >= 0.3 is 0 Å². The van der Waals surface area contributed by atoms with E-state index in [1.54, 1.807) is 23.9 Å². The molecule has 2 atom stereocenters. The van der Waals surface area contributed by atoms with Crippen LogP contribution >= 0.6 is 11.8 Å². The van der Waals surface area contributed by atoms with Crippen molar-refractivity contribution in [3.63, 3.8) is 0 Å². The Kier molecular flexibility index (Phi) is 5.25. The quantitative estimate of drug-likeness (QED) is 0.560. The van der Waals surface area contributed by atoms with Crippen LogP contribution in [0.25, 0.3) is 0 Å². The number of hydrogen-bond donors (Lipinski definition) is 3. The summed E-state index contributed by atoms with van der Waals surface area (Å²) in [7, 11) is -3.66. The number of nitrogens with zero attached hydrogens (tertiary/aromatic N) is 1. The van der Waals surface area contributed by atoms with Gasteiger partial charge in [0.05, 0.1) is 5.69 Å². The molecule has 2 unspecified atom stereocenters. The van der Waals surface area contributed by atoms with Gasteiger partial charge in [-0.15, -0.1) is 0 Å². The lowest BCUT2D eigenvalue weighted by atomic mass is 9.96. The third-order valence-electron chi connectivity index (χ3n) is 3.49. The molecule has 0 amide bonds. The normalized spacial score (nSPS) is 23.5. The average molecular weight is 316 g/mol. The average Bonchev–Trinajstić information content (AvgIpc) is 2.47. The molecule has 1 heterocycles. The van der Waals surface area contributed by atoms with E-state index in [4.69, 9.17) is 5.84 Å². The molecular weight excluding hydrogens is 296 g/mol. The Morgan fingerprint density at radius 3 is 2.85 bits per heavy atom. The first kappa shape index (κ1) is 15.6. The van der Waals surface area contributed by atoms with Crippen molar-refractivity contribution in [1.29, 1.82) is 0 Å². The molecule has 1 aliphatic carbocycles. The number of aromatic nitrogens is 1. The highest BCUT2D eigenvalue weighted by atomic mass is 32.2. The third-order valence-corrected chi connectivity index (χ3v) is 6.11. The minimum atomic E-state index is -3.66. The Hall–Kier alpha value is -0.830. The molecule has 0 aliphatic heterocycles. The van der Waals surface area contributed by atoms with Crippen molar-refractivity contribution in [2.24, 2.45) is 5.84 Å². The summed E-state index contributed by atoms with van der Waals surface area (Å²) in [5, 5.41) is 0.268. The smallest absolute Gasteiger partial charge is 0.260 e. The van der Waals surface area contributed by atoms with Crippen LogP contribution in [0.2, 0.25) is 0 Å². The zero-order chi connectivity index (χ0) is 14.6. The molecule has 0 spiro atoms. The van der Waals surface area contributed by atoms with Crippen LogP contribution in [-0.4, -0.2) is 30.9 Å². The molecule has 4 N–H and O–H groups in total. The van der Waals surface area contributed by atoms with Gasteiger partial charge in [-0.2, -0.15) is 11.8 Å². The molecule has 8 heteroatoms. The van der Waals surface area contributed by atoms with Gasteiger partial charge in [0, 0.05) is 17.5 Å². The molecule has 1 saturated carbocycles. The Morgan fingerprint density at radius 1 is 1.40 bits per heavy atom. The van der Waals surface area contributed by atoms with E-state index >= 15 is 0 Å². The van der Waals surface area contributed by atoms with Crippen LogP contribution in [0.3, 0.4) is 0 Å². The second-order valence-electron chi connectivity index (χ2n) is 4.79. The molecule has 2 rings (SSSR count). The number of sulfonamides is 1. The number of hydrogen-bond acceptors (Lipinski definition) is 6. The van der Waals surface area contributed by atoms with Gasteiger partial charge < -0.3 is 5.43 Å². The van der Waals surface area contributed by atoms with Crippen LogP contribution in [0.15, 0.2) is 23.4 Å². The second-order valence-corrected chi connectivity index (χ2v) is 7.49. The maximum absolute atomic E-state index is 12.5. The molecule has 0 aromatic carbocycles. The molecule has 1 aromatic rings. The van der Waals surface area contributed by atoms with Gasteiger partial charge in [0.2, 0.25) is 0 Å². The van der Waals surface area contributed by atoms with Crippen molar-refractivity contribution < 1.29 is 8.42 Å². The minimum absolute atomic E-state index is 0.0450. The number of nitrogens with one attached hydrogen (secondary N) is 2. The number of nitrogens with two attached hydrogens (primary N) is 1. The fraction of sp³-hybridized carbons (Fsp3) is 0.583. The van der Waals surface area contributed by atoms with Crippen LogP contribution in [0, 0.1) is 0 Å². The van der Waals surface area contributed by atoms with Crippen molar-refractivity contribution in [2.75, 3.05) is 11.7 Å². The van der Waals surface area contributed by atoms with E-state index in [9.17, 15) is 8.42 Å². The first-order chi connectivity index (χ1) is 9.58. The van der Waals surface area contributed by atoms with Crippen LogP contribution in [0.5, 0.6) is 0 Å². The number of rotatable bonds is 5. The van der Waals surface area contributed by atoms with Crippen molar-refractivity contribution in [2.45, 2.75) is 42.0 Å². The topological polar surface area (TPSA) is 97.1 Å². The van der Waals surface area contributed by atoms with Crippen LogP contribution in [0.1, 0.15) is 25.7 Å². The Balaban J connectivity index is 2.22. The Bertz CT molecular complexity index is 550. The van der Waals surface area contributed by atoms with E-state index in [0.717, 1.165) is 25.7 Å². The third kappa shape index (κ3) is 3.43. The van der Waals surface area contributed by atoms with E-state index in [-0.39, 0.29) is 11.1 Å². The number of thioether (sulfide) groups is 1. The molecule has 20 heavy (non-hydrogen) atoms. The maximum atomic E-state index is 12.5. The number of hydrazine groups is 1. The molecule has 0 saturated heterocycles. The predicted octanol–water partition coefficient (Wildman–Crippen LogP) is 1.32.